The second kappa shape index (κ2) is 6.87. The number of fused-ring (bicyclic) bond motifs is 1. The summed E-state index contributed by atoms with van der Waals surface area (Å²) in [5.74, 6) is 1.48. The van der Waals surface area contributed by atoms with Crippen molar-refractivity contribution in [2.45, 2.75) is 12.6 Å². The summed E-state index contributed by atoms with van der Waals surface area (Å²) < 4.78 is 11.6. The first-order chi connectivity index (χ1) is 10.6. The number of benzene rings is 2. The molecule has 0 fully saturated rings. The molecule has 0 saturated carbocycles. The van der Waals surface area contributed by atoms with Gasteiger partial charge in [-0.2, -0.15) is 0 Å². The third-order valence-electron chi connectivity index (χ3n) is 3.41. The van der Waals surface area contributed by atoms with Crippen molar-refractivity contribution in [1.29, 1.82) is 0 Å². The minimum Gasteiger partial charge on any atom is -0.454 e. The Labute approximate surface area is 142 Å². The Balaban J connectivity index is 1.57. The van der Waals surface area contributed by atoms with Crippen molar-refractivity contribution in [3.05, 3.63) is 57.0 Å². The minimum absolute atomic E-state index is 0.250. The molecule has 0 aromatic heterocycles. The first kappa shape index (κ1) is 15.6. The standard InChI is InChI=1S/C16H15BrClNO3/c17-13-5-10(6-15-16(13)22-9-21-15)7-19-8-14(20)11-1-3-12(18)4-2-11/h1-6,14,19-20H,7-9H2. The van der Waals surface area contributed by atoms with Gasteiger partial charge in [-0.25, -0.2) is 0 Å². The third-order valence-corrected chi connectivity index (χ3v) is 4.25. The second-order valence-corrected chi connectivity index (χ2v) is 6.30. The van der Waals surface area contributed by atoms with Crippen LogP contribution in [0.3, 0.4) is 0 Å². The molecule has 4 nitrogen and oxygen atoms in total. The van der Waals surface area contributed by atoms with Crippen LogP contribution in [0.2, 0.25) is 5.02 Å². The van der Waals surface area contributed by atoms with Gasteiger partial charge in [-0.3, -0.25) is 0 Å². The number of aliphatic hydroxyl groups excluding tert-OH is 1. The molecule has 0 bridgehead atoms. The van der Waals surface area contributed by atoms with E-state index >= 15 is 0 Å². The van der Waals surface area contributed by atoms with Crippen LogP contribution in [0.25, 0.3) is 0 Å². The predicted octanol–water partition coefficient (Wildman–Crippen LogP) is 3.65. The van der Waals surface area contributed by atoms with Crippen LogP contribution in [0.15, 0.2) is 40.9 Å². The summed E-state index contributed by atoms with van der Waals surface area (Å²) in [5.41, 5.74) is 1.89. The van der Waals surface area contributed by atoms with Crippen molar-refractivity contribution in [3.63, 3.8) is 0 Å². The average molecular weight is 385 g/mol. The number of hydrogen-bond acceptors (Lipinski definition) is 4. The van der Waals surface area contributed by atoms with Gasteiger partial charge in [0.1, 0.15) is 0 Å². The molecule has 1 heterocycles. The number of hydrogen-bond donors (Lipinski definition) is 2. The van der Waals surface area contributed by atoms with Crippen LogP contribution in [0, 0.1) is 0 Å². The number of nitrogens with one attached hydrogen (secondary N) is 1. The average Bonchev–Trinajstić information content (AvgIpc) is 2.97. The first-order valence-corrected chi connectivity index (χ1v) is 8.03. The van der Waals surface area contributed by atoms with E-state index in [1.54, 1.807) is 12.1 Å². The molecule has 116 valence electrons. The number of ether oxygens (including phenoxy) is 2. The van der Waals surface area contributed by atoms with E-state index in [0.717, 1.165) is 27.1 Å². The predicted molar refractivity (Wildman–Crippen MR) is 88.4 cm³/mol. The molecular weight excluding hydrogens is 370 g/mol. The van der Waals surface area contributed by atoms with E-state index in [2.05, 4.69) is 21.2 Å². The lowest BCUT2D eigenvalue weighted by Gasteiger charge is -2.13. The van der Waals surface area contributed by atoms with Crippen molar-refractivity contribution in [3.8, 4) is 11.5 Å². The largest absolute Gasteiger partial charge is 0.454 e. The Kier molecular flexibility index (Phi) is 4.88. The molecule has 1 aliphatic rings. The minimum atomic E-state index is -0.574. The van der Waals surface area contributed by atoms with Gasteiger partial charge in [-0.15, -0.1) is 0 Å². The normalized spacial score (nSPS) is 14.1. The summed E-state index contributed by atoms with van der Waals surface area (Å²) in [6, 6.07) is 11.1. The quantitative estimate of drug-likeness (QED) is 0.826. The van der Waals surface area contributed by atoms with E-state index in [-0.39, 0.29) is 6.79 Å². The van der Waals surface area contributed by atoms with Crippen molar-refractivity contribution >= 4 is 27.5 Å². The zero-order chi connectivity index (χ0) is 15.5. The molecule has 2 aromatic rings. The van der Waals surface area contributed by atoms with Crippen molar-refractivity contribution in [1.82, 2.24) is 5.32 Å². The highest BCUT2D eigenvalue weighted by atomic mass is 79.9. The number of rotatable bonds is 5. The highest BCUT2D eigenvalue weighted by Gasteiger charge is 2.17. The lowest BCUT2D eigenvalue weighted by Crippen LogP contribution is -2.21. The fourth-order valence-corrected chi connectivity index (χ4v) is 3.01. The Morgan fingerprint density at radius 2 is 2.00 bits per heavy atom. The van der Waals surface area contributed by atoms with E-state index in [1.165, 1.54) is 0 Å². The molecule has 0 radical (unpaired) electrons. The van der Waals surface area contributed by atoms with E-state index in [0.29, 0.717) is 18.1 Å². The van der Waals surface area contributed by atoms with Crippen LogP contribution in [-0.4, -0.2) is 18.4 Å². The molecule has 2 aromatic carbocycles. The summed E-state index contributed by atoms with van der Waals surface area (Å²) in [5, 5.41) is 14.0. The van der Waals surface area contributed by atoms with Crippen molar-refractivity contribution in [2.24, 2.45) is 0 Å². The first-order valence-electron chi connectivity index (χ1n) is 6.86. The second-order valence-electron chi connectivity index (χ2n) is 5.01. The van der Waals surface area contributed by atoms with Crippen molar-refractivity contribution in [2.75, 3.05) is 13.3 Å². The van der Waals surface area contributed by atoms with E-state index in [1.807, 2.05) is 24.3 Å². The molecular formula is C16H15BrClNO3. The summed E-state index contributed by atoms with van der Waals surface area (Å²) >= 11 is 9.31. The maximum absolute atomic E-state index is 10.1. The van der Waals surface area contributed by atoms with Crippen LogP contribution in [0.5, 0.6) is 11.5 Å². The van der Waals surface area contributed by atoms with Gasteiger partial charge < -0.3 is 19.9 Å². The van der Waals surface area contributed by atoms with Crippen LogP contribution < -0.4 is 14.8 Å². The van der Waals surface area contributed by atoms with E-state index in [4.69, 9.17) is 21.1 Å². The Morgan fingerprint density at radius 1 is 1.23 bits per heavy atom. The molecule has 6 heteroatoms. The van der Waals surface area contributed by atoms with Gasteiger partial charge in [-0.1, -0.05) is 23.7 Å². The van der Waals surface area contributed by atoms with Crippen molar-refractivity contribution < 1.29 is 14.6 Å². The smallest absolute Gasteiger partial charge is 0.231 e. The molecule has 1 atom stereocenters. The SMILES string of the molecule is OC(CNCc1cc(Br)c2c(c1)OCO2)c1ccc(Cl)cc1. The monoisotopic (exact) mass is 383 g/mol. The zero-order valence-corrected chi connectivity index (χ0v) is 14.0. The maximum Gasteiger partial charge on any atom is 0.231 e. The third kappa shape index (κ3) is 3.55. The Morgan fingerprint density at radius 3 is 2.77 bits per heavy atom. The lowest BCUT2D eigenvalue weighted by molar-refractivity contribution is 0.173. The summed E-state index contributed by atoms with van der Waals surface area (Å²) in [4.78, 5) is 0. The van der Waals surface area contributed by atoms with E-state index in [9.17, 15) is 5.11 Å². The molecule has 2 N–H and O–H groups in total. The van der Waals surface area contributed by atoms with Gasteiger partial charge in [0.05, 0.1) is 10.6 Å². The lowest BCUT2D eigenvalue weighted by atomic mass is 10.1. The zero-order valence-electron chi connectivity index (χ0n) is 11.7. The summed E-state index contributed by atoms with van der Waals surface area (Å²) in [6.45, 7) is 1.33. The Bertz CT molecular complexity index is 663. The molecule has 0 saturated heterocycles. The highest BCUT2D eigenvalue weighted by molar-refractivity contribution is 9.10. The molecule has 0 aliphatic carbocycles. The van der Waals surface area contributed by atoms with Gasteiger partial charge in [0.15, 0.2) is 11.5 Å². The summed E-state index contributed by atoms with van der Waals surface area (Å²) in [6.07, 6.45) is -0.574. The molecule has 1 unspecified atom stereocenters. The van der Waals surface area contributed by atoms with Crippen LogP contribution in [0.1, 0.15) is 17.2 Å². The topological polar surface area (TPSA) is 50.7 Å². The molecule has 1 aliphatic heterocycles. The van der Waals surface area contributed by atoms with Crippen LogP contribution >= 0.6 is 27.5 Å². The highest BCUT2D eigenvalue weighted by Crippen LogP contribution is 2.39. The number of halogens is 2. The molecule has 3 rings (SSSR count). The van der Waals surface area contributed by atoms with Gasteiger partial charge in [-0.05, 0) is 51.3 Å². The van der Waals surface area contributed by atoms with Crippen LogP contribution in [-0.2, 0) is 6.54 Å². The van der Waals surface area contributed by atoms with Crippen LogP contribution in [0.4, 0.5) is 0 Å². The molecule has 0 amide bonds. The van der Waals surface area contributed by atoms with Gasteiger partial charge in [0.25, 0.3) is 0 Å². The fourth-order valence-electron chi connectivity index (χ4n) is 2.28. The van der Waals surface area contributed by atoms with E-state index < -0.39 is 6.10 Å². The fraction of sp³-hybridized carbons (Fsp3) is 0.250. The summed E-state index contributed by atoms with van der Waals surface area (Å²) in [7, 11) is 0. The number of aliphatic hydroxyl groups is 1. The van der Waals surface area contributed by atoms with Gasteiger partial charge in [0, 0.05) is 18.1 Å². The van der Waals surface area contributed by atoms with Gasteiger partial charge in [0.2, 0.25) is 6.79 Å². The molecule has 22 heavy (non-hydrogen) atoms. The van der Waals surface area contributed by atoms with Gasteiger partial charge >= 0.3 is 0 Å². The Hall–Kier alpha value is -1.27. The molecule has 0 spiro atoms. The maximum atomic E-state index is 10.1.